The quantitative estimate of drug-likeness (QED) is 0.502. The molecule has 1 aliphatic heterocycles. The van der Waals surface area contributed by atoms with Crippen molar-refractivity contribution in [1.82, 2.24) is 9.80 Å². The molecule has 192 valence electrons. The lowest BCUT2D eigenvalue weighted by Crippen LogP contribution is -2.49. The Bertz CT molecular complexity index is 940. The van der Waals surface area contributed by atoms with Crippen molar-refractivity contribution in [2.24, 2.45) is 0 Å². The Kier molecular flexibility index (Phi) is 9.29. The van der Waals surface area contributed by atoms with Crippen molar-refractivity contribution in [3.8, 4) is 0 Å². The van der Waals surface area contributed by atoms with E-state index in [1.807, 2.05) is 30.3 Å². The van der Waals surface area contributed by atoms with E-state index in [0.29, 0.717) is 6.54 Å². The molecule has 0 N–H and O–H groups in total. The number of hydrogen-bond acceptors (Lipinski definition) is 8. The van der Waals surface area contributed by atoms with Crippen LogP contribution in [0.3, 0.4) is 0 Å². The SMILES string of the molecule is CC(C)(C)OC(=O)N1C[C@H](Sc2ccccc2)[C@@H](N(CCOS(C)(=O)=O)C(=O)OC(C)(C)C)C1. The zero-order valence-corrected chi connectivity index (χ0v) is 22.6. The van der Waals surface area contributed by atoms with E-state index in [2.05, 4.69) is 0 Å². The van der Waals surface area contributed by atoms with E-state index in [4.69, 9.17) is 13.7 Å². The van der Waals surface area contributed by atoms with Gasteiger partial charge in [0.05, 0.1) is 18.9 Å². The van der Waals surface area contributed by atoms with Crippen LogP contribution in [0.4, 0.5) is 9.59 Å². The number of carbonyl (C=O) groups is 2. The van der Waals surface area contributed by atoms with Crippen molar-refractivity contribution in [2.75, 3.05) is 32.5 Å². The zero-order chi connectivity index (χ0) is 25.7. The maximum atomic E-state index is 13.2. The van der Waals surface area contributed by atoms with E-state index in [9.17, 15) is 18.0 Å². The summed E-state index contributed by atoms with van der Waals surface area (Å²) >= 11 is 1.54. The van der Waals surface area contributed by atoms with Gasteiger partial charge in [0.25, 0.3) is 10.1 Å². The van der Waals surface area contributed by atoms with Crippen LogP contribution < -0.4 is 0 Å². The summed E-state index contributed by atoms with van der Waals surface area (Å²) in [6, 6.07) is 9.23. The van der Waals surface area contributed by atoms with Crippen molar-refractivity contribution >= 4 is 34.1 Å². The van der Waals surface area contributed by atoms with Gasteiger partial charge in [0.2, 0.25) is 0 Å². The summed E-state index contributed by atoms with van der Waals surface area (Å²) in [7, 11) is -3.68. The molecule has 1 aromatic carbocycles. The number of carbonyl (C=O) groups excluding carboxylic acids is 2. The van der Waals surface area contributed by atoms with Crippen LogP contribution in [0.5, 0.6) is 0 Å². The number of hydrogen-bond donors (Lipinski definition) is 0. The van der Waals surface area contributed by atoms with Gasteiger partial charge in [-0.1, -0.05) is 18.2 Å². The third-order valence-electron chi connectivity index (χ3n) is 4.58. The highest BCUT2D eigenvalue weighted by Gasteiger charge is 2.43. The second-order valence-electron chi connectivity index (χ2n) is 10.1. The minimum absolute atomic E-state index is 0.0132. The summed E-state index contributed by atoms with van der Waals surface area (Å²) in [6.07, 6.45) is -0.108. The fraction of sp³-hybridized carbons (Fsp3) is 0.652. The number of ether oxygens (including phenoxy) is 2. The Morgan fingerprint density at radius 2 is 1.62 bits per heavy atom. The van der Waals surface area contributed by atoms with Crippen molar-refractivity contribution < 1.29 is 31.7 Å². The van der Waals surface area contributed by atoms with Crippen LogP contribution in [0.2, 0.25) is 0 Å². The Morgan fingerprint density at radius 3 is 2.15 bits per heavy atom. The molecule has 1 saturated heterocycles. The molecule has 34 heavy (non-hydrogen) atoms. The summed E-state index contributed by atoms with van der Waals surface area (Å²) in [5, 5.41) is -0.194. The lowest BCUT2D eigenvalue weighted by atomic mass is 10.2. The van der Waals surface area contributed by atoms with E-state index in [1.165, 1.54) is 4.90 Å². The summed E-state index contributed by atoms with van der Waals surface area (Å²) in [6.45, 7) is 11.0. The fourth-order valence-electron chi connectivity index (χ4n) is 3.32. The molecule has 1 fully saturated rings. The van der Waals surface area contributed by atoms with Crippen molar-refractivity contribution in [3.05, 3.63) is 30.3 Å². The first-order valence-electron chi connectivity index (χ1n) is 11.1. The molecule has 2 amide bonds. The molecular formula is C23H36N2O7S2. The van der Waals surface area contributed by atoms with E-state index in [-0.39, 0.29) is 24.9 Å². The molecule has 0 radical (unpaired) electrons. The molecule has 0 bridgehead atoms. The zero-order valence-electron chi connectivity index (χ0n) is 20.9. The van der Waals surface area contributed by atoms with E-state index in [1.54, 1.807) is 58.2 Å². The van der Waals surface area contributed by atoms with Crippen molar-refractivity contribution in [2.45, 2.75) is 68.9 Å². The Morgan fingerprint density at radius 1 is 1.03 bits per heavy atom. The van der Waals surface area contributed by atoms with Crippen LogP contribution in [0.15, 0.2) is 35.2 Å². The number of benzene rings is 1. The molecule has 0 unspecified atom stereocenters. The number of thioether (sulfide) groups is 1. The lowest BCUT2D eigenvalue weighted by molar-refractivity contribution is 0.0112. The molecule has 2 rings (SSSR count). The average molecular weight is 517 g/mol. The predicted octanol–water partition coefficient (Wildman–Crippen LogP) is 3.98. The highest BCUT2D eigenvalue weighted by Crippen LogP contribution is 2.34. The Balaban J connectivity index is 2.33. The van der Waals surface area contributed by atoms with Gasteiger partial charge in [0, 0.05) is 29.8 Å². The van der Waals surface area contributed by atoms with Crippen molar-refractivity contribution in [1.29, 1.82) is 0 Å². The fourth-order valence-corrected chi connectivity index (χ4v) is 5.01. The van der Waals surface area contributed by atoms with Crippen LogP contribution in [-0.2, 0) is 23.8 Å². The van der Waals surface area contributed by atoms with Crippen LogP contribution in [-0.4, -0.2) is 85.4 Å². The van der Waals surface area contributed by atoms with Gasteiger partial charge in [-0.15, -0.1) is 11.8 Å². The first kappa shape index (κ1) is 28.3. The third-order valence-corrected chi connectivity index (χ3v) is 6.48. The Labute approximate surface area is 207 Å². The van der Waals surface area contributed by atoms with Gasteiger partial charge in [-0.3, -0.25) is 9.08 Å². The summed E-state index contributed by atoms with van der Waals surface area (Å²) in [4.78, 5) is 30.0. The topological polar surface area (TPSA) is 102 Å². The number of likely N-dealkylation sites (tertiary alicyclic amines) is 1. The largest absolute Gasteiger partial charge is 0.444 e. The van der Waals surface area contributed by atoms with Gasteiger partial charge < -0.3 is 14.4 Å². The second-order valence-corrected chi connectivity index (χ2v) is 13.1. The normalized spacial score (nSPS) is 19.1. The molecule has 9 nitrogen and oxygen atoms in total. The minimum atomic E-state index is -3.68. The van der Waals surface area contributed by atoms with Gasteiger partial charge in [0.15, 0.2) is 0 Å². The van der Waals surface area contributed by atoms with Gasteiger partial charge >= 0.3 is 12.2 Å². The maximum absolute atomic E-state index is 13.2. The first-order valence-corrected chi connectivity index (χ1v) is 13.8. The third kappa shape index (κ3) is 9.71. The molecule has 0 spiro atoms. The number of rotatable bonds is 7. The molecule has 11 heteroatoms. The van der Waals surface area contributed by atoms with Crippen molar-refractivity contribution in [3.63, 3.8) is 0 Å². The van der Waals surface area contributed by atoms with Gasteiger partial charge in [-0.25, -0.2) is 9.59 Å². The maximum Gasteiger partial charge on any atom is 0.410 e. The monoisotopic (exact) mass is 516 g/mol. The highest BCUT2D eigenvalue weighted by molar-refractivity contribution is 8.00. The summed E-state index contributed by atoms with van der Waals surface area (Å²) < 4.78 is 39.0. The molecule has 0 saturated carbocycles. The number of amides is 2. The summed E-state index contributed by atoms with van der Waals surface area (Å²) in [5.74, 6) is 0. The minimum Gasteiger partial charge on any atom is -0.444 e. The van der Waals surface area contributed by atoms with E-state index in [0.717, 1.165) is 11.2 Å². The molecule has 0 aliphatic carbocycles. The molecule has 1 aromatic rings. The van der Waals surface area contributed by atoms with Gasteiger partial charge in [0.1, 0.15) is 11.2 Å². The molecule has 1 heterocycles. The smallest absolute Gasteiger partial charge is 0.410 e. The number of nitrogens with zero attached hydrogens (tertiary/aromatic N) is 2. The highest BCUT2D eigenvalue weighted by atomic mass is 32.2. The van der Waals surface area contributed by atoms with Gasteiger partial charge in [-0.2, -0.15) is 8.42 Å². The van der Waals surface area contributed by atoms with Crippen LogP contribution >= 0.6 is 11.8 Å². The molecule has 2 atom stereocenters. The molecule has 1 aliphatic rings. The van der Waals surface area contributed by atoms with Crippen LogP contribution in [0.25, 0.3) is 0 Å². The standard InChI is InChI=1S/C23H36N2O7S2/c1-22(2,3)31-20(26)24-15-18(19(16-24)33-17-11-9-8-10-12-17)25(13-14-30-34(7,28)29)21(27)32-23(4,5)6/h8-12,18-19H,13-16H2,1-7H3/t18-,19-/m0/s1. The first-order chi connectivity index (χ1) is 15.5. The predicted molar refractivity (Wildman–Crippen MR) is 131 cm³/mol. The van der Waals surface area contributed by atoms with E-state index >= 15 is 0 Å². The molecule has 0 aromatic heterocycles. The Hall–Kier alpha value is -1.98. The lowest BCUT2D eigenvalue weighted by Gasteiger charge is -2.33. The molecular weight excluding hydrogens is 480 g/mol. The average Bonchev–Trinajstić information content (AvgIpc) is 3.06. The van der Waals surface area contributed by atoms with E-state index < -0.39 is 39.5 Å². The van der Waals surface area contributed by atoms with Gasteiger partial charge in [-0.05, 0) is 53.7 Å². The second kappa shape index (κ2) is 11.2. The summed E-state index contributed by atoms with van der Waals surface area (Å²) in [5.41, 5.74) is -1.41. The van der Waals surface area contributed by atoms with Crippen LogP contribution in [0.1, 0.15) is 41.5 Å². The van der Waals surface area contributed by atoms with Crippen LogP contribution in [0, 0.1) is 0 Å².